The van der Waals surface area contributed by atoms with E-state index in [1.165, 1.54) is 19.3 Å². The standard InChI is InChI=1S/C13H16N4O.C10H17NO3.C6H6/c1-9-3-4-16(6-9)11-5-10(2)13-14-12(8-18)15-17(13)7-11;1-11-8-2-3-10(8)4-7(5-10)14-6-9(12)13;1-2-4-6-5-3-1/h5,7-9H,3-4,6H2,1-2H3;7-8,11H,2-6H2,1H3,(H,12,13);1-6H. The average molecular weight is 522 g/mol. The zero-order valence-corrected chi connectivity index (χ0v) is 22.5. The number of fused-ring (bicyclic) bond motifs is 1. The van der Waals surface area contributed by atoms with Gasteiger partial charge in [0.1, 0.15) is 6.61 Å². The Bertz CT molecular complexity index is 1180. The maximum Gasteiger partial charge on any atom is 0.329 e. The second-order valence-electron chi connectivity index (χ2n) is 10.7. The molecule has 0 bridgehead atoms. The molecule has 2 unspecified atom stereocenters. The second kappa shape index (κ2) is 12.5. The molecule has 1 aliphatic heterocycles. The summed E-state index contributed by atoms with van der Waals surface area (Å²) in [6, 6.07) is 14.8. The number of carboxylic acids is 1. The van der Waals surface area contributed by atoms with Crippen molar-refractivity contribution in [2.24, 2.45) is 11.3 Å². The summed E-state index contributed by atoms with van der Waals surface area (Å²) in [5.74, 6) is 0.108. The van der Waals surface area contributed by atoms with Crippen LogP contribution in [-0.4, -0.2) is 70.8 Å². The molecule has 6 rings (SSSR count). The van der Waals surface area contributed by atoms with Gasteiger partial charge in [-0.1, -0.05) is 43.3 Å². The van der Waals surface area contributed by atoms with Crippen molar-refractivity contribution in [3.8, 4) is 0 Å². The molecular formula is C29H39N5O4. The molecule has 2 N–H and O–H groups in total. The first-order valence-corrected chi connectivity index (χ1v) is 13.4. The van der Waals surface area contributed by atoms with Gasteiger partial charge >= 0.3 is 5.97 Å². The van der Waals surface area contributed by atoms with Gasteiger partial charge in [0, 0.05) is 19.1 Å². The summed E-state index contributed by atoms with van der Waals surface area (Å²) in [6.07, 6.45) is 8.64. The van der Waals surface area contributed by atoms with E-state index in [2.05, 4.69) is 33.3 Å². The molecular weight excluding hydrogens is 482 g/mol. The van der Waals surface area contributed by atoms with Crippen LogP contribution in [0.3, 0.4) is 0 Å². The first-order chi connectivity index (χ1) is 18.3. The molecule has 9 nitrogen and oxygen atoms in total. The van der Waals surface area contributed by atoms with Gasteiger partial charge in [-0.25, -0.2) is 14.3 Å². The van der Waals surface area contributed by atoms with Crippen molar-refractivity contribution < 1.29 is 19.4 Å². The number of ether oxygens (including phenoxy) is 1. The Kier molecular flexibility index (Phi) is 9.12. The molecule has 2 atom stereocenters. The first kappa shape index (κ1) is 27.7. The lowest BCUT2D eigenvalue weighted by Gasteiger charge is -2.59. The van der Waals surface area contributed by atoms with Crippen LogP contribution in [0.15, 0.2) is 48.7 Å². The first-order valence-electron chi connectivity index (χ1n) is 13.4. The normalized spacial score (nSPS) is 25.4. The van der Waals surface area contributed by atoms with Crippen molar-refractivity contribution in [2.45, 2.75) is 58.1 Å². The van der Waals surface area contributed by atoms with Crippen molar-refractivity contribution in [3.63, 3.8) is 0 Å². The van der Waals surface area contributed by atoms with Crippen LogP contribution in [0.2, 0.25) is 0 Å². The summed E-state index contributed by atoms with van der Waals surface area (Å²) < 4.78 is 6.94. The predicted octanol–water partition coefficient (Wildman–Crippen LogP) is 4.00. The minimum atomic E-state index is -0.871. The molecule has 204 valence electrons. The number of rotatable bonds is 6. The number of aliphatic carboxylic acids is 1. The monoisotopic (exact) mass is 521 g/mol. The van der Waals surface area contributed by atoms with Gasteiger partial charge in [-0.3, -0.25) is 4.79 Å². The van der Waals surface area contributed by atoms with E-state index in [1.807, 2.05) is 56.6 Å². The molecule has 1 spiro atoms. The Morgan fingerprint density at radius 2 is 1.89 bits per heavy atom. The van der Waals surface area contributed by atoms with Gasteiger partial charge < -0.3 is 20.1 Å². The molecule has 3 heterocycles. The maximum atomic E-state index is 10.7. The number of hydrogen-bond acceptors (Lipinski definition) is 7. The van der Waals surface area contributed by atoms with E-state index in [0.29, 0.717) is 17.7 Å². The zero-order valence-electron chi connectivity index (χ0n) is 22.5. The molecule has 3 fully saturated rings. The third kappa shape index (κ3) is 6.57. The van der Waals surface area contributed by atoms with Crippen molar-refractivity contribution >= 4 is 23.6 Å². The minimum absolute atomic E-state index is 0.148. The lowest BCUT2D eigenvalue weighted by atomic mass is 9.52. The van der Waals surface area contributed by atoms with E-state index in [0.717, 1.165) is 48.7 Å². The molecule has 3 aromatic rings. The second-order valence-corrected chi connectivity index (χ2v) is 10.7. The maximum absolute atomic E-state index is 10.7. The van der Waals surface area contributed by atoms with E-state index < -0.39 is 5.97 Å². The predicted molar refractivity (Wildman–Crippen MR) is 147 cm³/mol. The smallest absolute Gasteiger partial charge is 0.329 e. The minimum Gasteiger partial charge on any atom is -0.480 e. The third-order valence-electron chi connectivity index (χ3n) is 7.91. The fourth-order valence-electron chi connectivity index (χ4n) is 5.72. The number of hydrogen-bond donors (Lipinski definition) is 2. The van der Waals surface area contributed by atoms with Gasteiger partial charge in [0.15, 0.2) is 11.9 Å². The Labute approximate surface area is 224 Å². The summed E-state index contributed by atoms with van der Waals surface area (Å²) >= 11 is 0. The Morgan fingerprint density at radius 3 is 2.39 bits per heavy atom. The van der Waals surface area contributed by atoms with Crippen LogP contribution < -0.4 is 10.2 Å². The Hall–Kier alpha value is -3.30. The summed E-state index contributed by atoms with van der Waals surface area (Å²) in [6.45, 7) is 6.29. The molecule has 9 heteroatoms. The molecule has 0 radical (unpaired) electrons. The molecule has 1 saturated heterocycles. The fraction of sp³-hybridized carbons (Fsp3) is 0.517. The molecule has 1 aromatic carbocycles. The van der Waals surface area contributed by atoms with Crippen LogP contribution in [-0.2, 0) is 9.53 Å². The highest BCUT2D eigenvalue weighted by Crippen LogP contribution is 2.56. The summed E-state index contributed by atoms with van der Waals surface area (Å²) in [5, 5.41) is 15.9. The fourth-order valence-corrected chi connectivity index (χ4v) is 5.72. The number of aryl methyl sites for hydroxylation is 1. The van der Waals surface area contributed by atoms with E-state index >= 15 is 0 Å². The van der Waals surface area contributed by atoms with Crippen molar-refractivity contribution in [3.05, 3.63) is 60.0 Å². The number of anilines is 1. The van der Waals surface area contributed by atoms with Crippen LogP contribution in [0.5, 0.6) is 0 Å². The summed E-state index contributed by atoms with van der Waals surface area (Å²) in [5.41, 5.74) is 3.41. The quantitative estimate of drug-likeness (QED) is 0.469. The molecule has 2 aromatic heterocycles. The lowest BCUT2D eigenvalue weighted by Crippen LogP contribution is -2.61. The van der Waals surface area contributed by atoms with E-state index in [1.54, 1.807) is 4.52 Å². The van der Waals surface area contributed by atoms with Gasteiger partial charge in [0.25, 0.3) is 0 Å². The van der Waals surface area contributed by atoms with Crippen molar-refractivity contribution in [1.29, 1.82) is 0 Å². The number of carboxylic acid groups (broad SMARTS) is 1. The molecule has 3 aliphatic rings. The number of nitrogens with zero attached hydrogens (tertiary/aromatic N) is 4. The van der Waals surface area contributed by atoms with Gasteiger partial charge in [0.2, 0.25) is 5.82 Å². The largest absolute Gasteiger partial charge is 0.480 e. The third-order valence-corrected chi connectivity index (χ3v) is 7.91. The van der Waals surface area contributed by atoms with Gasteiger partial charge in [-0.05, 0) is 69.0 Å². The number of nitrogens with one attached hydrogen (secondary N) is 1. The van der Waals surface area contributed by atoms with Gasteiger partial charge in [-0.2, -0.15) is 0 Å². The van der Waals surface area contributed by atoms with E-state index in [9.17, 15) is 9.59 Å². The highest BCUT2D eigenvalue weighted by atomic mass is 16.5. The van der Waals surface area contributed by atoms with Crippen LogP contribution in [0, 0.1) is 18.3 Å². The van der Waals surface area contributed by atoms with Crippen LogP contribution in [0.25, 0.3) is 5.65 Å². The van der Waals surface area contributed by atoms with Crippen molar-refractivity contribution in [1.82, 2.24) is 19.9 Å². The van der Waals surface area contributed by atoms with Gasteiger partial charge in [0.05, 0.1) is 18.0 Å². The Morgan fingerprint density at radius 1 is 1.21 bits per heavy atom. The lowest BCUT2D eigenvalue weighted by molar-refractivity contribution is -0.161. The Balaban J connectivity index is 0.000000149. The number of aromatic nitrogens is 3. The topological polar surface area (TPSA) is 109 Å². The number of carbonyl (C=O) groups is 2. The van der Waals surface area contributed by atoms with Crippen LogP contribution >= 0.6 is 0 Å². The molecule has 2 aliphatic carbocycles. The number of benzene rings is 1. The molecule has 38 heavy (non-hydrogen) atoms. The van der Waals surface area contributed by atoms with Gasteiger partial charge in [-0.15, -0.1) is 5.10 Å². The summed E-state index contributed by atoms with van der Waals surface area (Å²) in [7, 11) is 2.00. The highest BCUT2D eigenvalue weighted by molar-refractivity contribution is 5.71. The van der Waals surface area contributed by atoms with E-state index in [4.69, 9.17) is 9.84 Å². The number of pyridine rings is 1. The average Bonchev–Trinajstić information content (AvgIpc) is 3.51. The molecule has 2 saturated carbocycles. The SMILES string of the molecule is CNC1CCC12CC(OCC(=O)O)C2.Cc1cc(N2CCC(C)C2)cn2nc(C=O)nc12.c1ccccc1. The summed E-state index contributed by atoms with van der Waals surface area (Å²) in [4.78, 5) is 27.5. The number of carbonyl (C=O) groups excluding carboxylic acids is 1. The van der Waals surface area contributed by atoms with Crippen LogP contribution in [0.1, 0.15) is 55.2 Å². The highest BCUT2D eigenvalue weighted by Gasteiger charge is 2.55. The van der Waals surface area contributed by atoms with Crippen LogP contribution in [0.4, 0.5) is 5.69 Å². The number of aldehydes is 1. The molecule has 0 amide bonds. The van der Waals surface area contributed by atoms with E-state index in [-0.39, 0.29) is 18.5 Å². The van der Waals surface area contributed by atoms with Crippen molar-refractivity contribution in [2.75, 3.05) is 31.6 Å². The zero-order chi connectivity index (χ0) is 27.1.